The van der Waals surface area contributed by atoms with Gasteiger partial charge in [-0.2, -0.15) is 0 Å². The van der Waals surface area contributed by atoms with Crippen LogP contribution in [0.4, 0.5) is 4.79 Å². The second-order valence-electron chi connectivity index (χ2n) is 27.9. The normalized spacial score (nSPS) is 15.5. The van der Waals surface area contributed by atoms with Crippen molar-refractivity contribution in [1.29, 1.82) is 0 Å². The lowest BCUT2D eigenvalue weighted by Gasteiger charge is -2.42. The van der Waals surface area contributed by atoms with Gasteiger partial charge in [-0.05, 0) is 109 Å². The zero-order valence-electron chi connectivity index (χ0n) is 62.0. The molecule has 0 aliphatic rings. The molecule has 0 spiro atoms. The van der Waals surface area contributed by atoms with E-state index in [1.54, 1.807) is 81.4 Å². The molecular weight excluding hydrogens is 1230 g/mol. The molecule has 0 heterocycles. The van der Waals surface area contributed by atoms with Crippen molar-refractivity contribution in [1.82, 2.24) is 55.6 Å². The molecule has 0 unspecified atom stereocenters. The molecular formula is C67H119N11O17. The van der Waals surface area contributed by atoms with E-state index < -0.39 is 180 Å². The van der Waals surface area contributed by atoms with Crippen LogP contribution in [0.5, 0.6) is 0 Å². The SMILES string of the molecule is C/C=C/C[C@@H](C)[C@@H](OC(C)=O)[C@@H](C(=O)N[C@@H](CC)C(=O)N(C)CC(=O)OC)N(C)C(=O)[C@H](C(C)C)N(C)C(=O)[C@H](CC(C)C)N(C)C(=O)[C@H](CC(C)C)N(C)C(=O)[C@H](C)NC(=O)[C@H](C)NC(=O)[C@H](CC(C)C)N(C)C(=O)[C@@H](NC(=O)[C@H](CO)N(C)C(=O)OC(C)(C)C)C(C)C. The molecule has 11 amide bonds. The standard InChI is InChI=1S/C67H119N11O17/c1-28-30-31-42(13)55(94-45(16)80)54(59(85)70-46(29-2)61(87)72(20)35-51(81)93-27)78(26)65(91)53(41(11)12)77(25)63(89)49(34-39(7)8)75(23)62(88)48(33-38(5)6)74(22)60(86)44(15)69-56(82)43(14)68-57(83)47(32-37(3)4)73(21)64(90)52(40(9)10)71-58(84)50(36-79)76(24)66(92)95-67(17,18)19/h28,30,37-44,46-50,52-55,79H,29,31-36H2,1-27H3,(H,68,83)(H,69,82)(H,70,85)(H,71,84)/b30-28+/t42-,43+,44+,46+,47+,48+,49+,50+,52+,53+,54+,55-/m1/s1. The fraction of sp³-hybridized carbons (Fsp3) is 0.776. The van der Waals surface area contributed by atoms with E-state index in [0.717, 1.165) is 21.6 Å². The number of ether oxygens (including phenoxy) is 3. The summed E-state index contributed by atoms with van der Waals surface area (Å²) in [6.07, 6.45) is 2.11. The number of nitrogens with one attached hydrogen (secondary N) is 4. The average molecular weight is 1350 g/mol. The van der Waals surface area contributed by atoms with Gasteiger partial charge in [0, 0.05) is 56.3 Å². The first-order chi connectivity index (χ1) is 43.7. The monoisotopic (exact) mass is 1350 g/mol. The molecule has 0 bridgehead atoms. The molecule has 28 heteroatoms. The van der Waals surface area contributed by atoms with Crippen LogP contribution >= 0.6 is 0 Å². The summed E-state index contributed by atoms with van der Waals surface area (Å²) in [5, 5.41) is 20.8. The van der Waals surface area contributed by atoms with Gasteiger partial charge in [-0.25, -0.2) is 4.79 Å². The lowest BCUT2D eigenvalue weighted by atomic mass is 9.91. The number of rotatable bonds is 37. The van der Waals surface area contributed by atoms with E-state index in [2.05, 4.69) is 21.3 Å². The number of allylic oxidation sites excluding steroid dienone is 2. The predicted octanol–water partition coefficient (Wildman–Crippen LogP) is 3.35. The summed E-state index contributed by atoms with van der Waals surface area (Å²) in [4.78, 5) is 190. The van der Waals surface area contributed by atoms with Gasteiger partial charge in [0.05, 0.1) is 13.7 Å². The van der Waals surface area contributed by atoms with Gasteiger partial charge in [0.25, 0.3) is 0 Å². The lowest BCUT2D eigenvalue weighted by Crippen LogP contribution is -2.64. The summed E-state index contributed by atoms with van der Waals surface area (Å²) < 4.78 is 15.9. The number of amides is 11. The van der Waals surface area contributed by atoms with Gasteiger partial charge >= 0.3 is 18.0 Å². The largest absolute Gasteiger partial charge is 0.468 e. The topological polar surface area (TPSA) is 341 Å². The average Bonchev–Trinajstić information content (AvgIpc) is 0.803. The first kappa shape index (κ1) is 87.6. The van der Waals surface area contributed by atoms with Gasteiger partial charge in [-0.1, -0.05) is 95.2 Å². The minimum absolute atomic E-state index is 0.0631. The van der Waals surface area contributed by atoms with E-state index in [1.165, 1.54) is 89.9 Å². The second-order valence-corrected chi connectivity index (χ2v) is 27.9. The smallest absolute Gasteiger partial charge is 0.410 e. The predicted molar refractivity (Wildman–Crippen MR) is 359 cm³/mol. The summed E-state index contributed by atoms with van der Waals surface area (Å²) in [6, 6.07) is -12.9. The first-order valence-corrected chi connectivity index (χ1v) is 32.9. The van der Waals surface area contributed by atoms with Gasteiger partial charge in [0.15, 0.2) is 0 Å². The molecule has 95 heavy (non-hydrogen) atoms. The molecule has 544 valence electrons. The molecule has 12 atom stereocenters. The van der Waals surface area contributed by atoms with E-state index in [0.29, 0.717) is 6.42 Å². The van der Waals surface area contributed by atoms with Crippen molar-refractivity contribution in [2.75, 3.05) is 69.6 Å². The number of aliphatic hydroxyl groups excluding tert-OH is 1. The summed E-state index contributed by atoms with van der Waals surface area (Å²) in [7, 11) is 10.8. The first-order valence-electron chi connectivity index (χ1n) is 32.9. The maximum atomic E-state index is 15.3. The molecule has 0 saturated carbocycles. The van der Waals surface area contributed by atoms with E-state index >= 15 is 14.4 Å². The van der Waals surface area contributed by atoms with Crippen molar-refractivity contribution in [3.8, 4) is 0 Å². The van der Waals surface area contributed by atoms with E-state index in [-0.39, 0.29) is 43.4 Å². The Morgan fingerprint density at radius 2 is 0.958 bits per heavy atom. The molecule has 0 fully saturated rings. The molecule has 28 nitrogen and oxygen atoms in total. The zero-order valence-corrected chi connectivity index (χ0v) is 62.0. The van der Waals surface area contributed by atoms with Crippen molar-refractivity contribution in [3.05, 3.63) is 12.2 Å². The number of methoxy groups -OCH3 is 1. The Morgan fingerprint density at radius 1 is 0.505 bits per heavy atom. The van der Waals surface area contributed by atoms with Crippen LogP contribution in [0.1, 0.15) is 164 Å². The fourth-order valence-electron chi connectivity index (χ4n) is 10.8. The van der Waals surface area contributed by atoms with Gasteiger partial charge in [-0.15, -0.1) is 0 Å². The molecule has 0 saturated heterocycles. The number of esters is 2. The van der Waals surface area contributed by atoms with Crippen molar-refractivity contribution in [2.45, 2.75) is 236 Å². The molecule has 0 aliphatic carbocycles. The van der Waals surface area contributed by atoms with Crippen LogP contribution in [-0.2, 0) is 71.7 Å². The third kappa shape index (κ3) is 27.0. The highest BCUT2D eigenvalue weighted by molar-refractivity contribution is 5.99. The molecule has 5 N–H and O–H groups in total. The number of carbonyl (C=O) groups excluding carboxylic acids is 13. The second kappa shape index (κ2) is 40.2. The number of aliphatic hydroxyl groups is 1. The van der Waals surface area contributed by atoms with Gasteiger partial charge < -0.3 is 70.0 Å². The van der Waals surface area contributed by atoms with Gasteiger partial charge in [0.1, 0.15) is 78.7 Å². The van der Waals surface area contributed by atoms with Crippen LogP contribution < -0.4 is 21.3 Å². The number of hydrogen-bond donors (Lipinski definition) is 5. The highest BCUT2D eigenvalue weighted by Gasteiger charge is 2.47. The van der Waals surface area contributed by atoms with Crippen molar-refractivity contribution in [2.24, 2.45) is 35.5 Å². The van der Waals surface area contributed by atoms with Crippen LogP contribution in [0.3, 0.4) is 0 Å². The Bertz CT molecular complexity index is 2640. The van der Waals surface area contributed by atoms with E-state index in [4.69, 9.17) is 14.2 Å². The minimum atomic E-state index is -1.57. The fourth-order valence-corrected chi connectivity index (χ4v) is 10.8. The van der Waals surface area contributed by atoms with E-state index in [9.17, 15) is 53.1 Å². The molecule has 0 aromatic carbocycles. The highest BCUT2D eigenvalue weighted by Crippen LogP contribution is 2.27. The highest BCUT2D eigenvalue weighted by atomic mass is 16.6. The quantitative estimate of drug-likeness (QED) is 0.0338. The minimum Gasteiger partial charge on any atom is -0.468 e. The number of carbonyl (C=O) groups is 13. The number of hydrogen-bond acceptors (Lipinski definition) is 17. The third-order valence-corrected chi connectivity index (χ3v) is 16.3. The third-order valence-electron chi connectivity index (χ3n) is 16.3. The summed E-state index contributed by atoms with van der Waals surface area (Å²) in [5.41, 5.74) is -0.905. The van der Waals surface area contributed by atoms with Gasteiger partial charge in [-0.3, -0.25) is 62.4 Å². The molecule has 0 aromatic rings. The number of likely N-dealkylation sites (N-methyl/N-ethyl adjacent to an activating group) is 7. The van der Waals surface area contributed by atoms with Crippen LogP contribution in [0.15, 0.2) is 12.2 Å². The summed E-state index contributed by atoms with van der Waals surface area (Å²) in [5.74, 6) is -11.0. The maximum Gasteiger partial charge on any atom is 0.410 e. The molecule has 0 aromatic heterocycles. The van der Waals surface area contributed by atoms with Crippen molar-refractivity contribution in [3.63, 3.8) is 0 Å². The lowest BCUT2D eigenvalue weighted by molar-refractivity contribution is -0.164. The van der Waals surface area contributed by atoms with Crippen LogP contribution in [0, 0.1) is 35.5 Å². The Balaban J connectivity index is 7.16. The van der Waals surface area contributed by atoms with Crippen LogP contribution in [-0.4, -0.2) is 258 Å². The van der Waals surface area contributed by atoms with Crippen LogP contribution in [0.2, 0.25) is 0 Å². The molecule has 0 rings (SSSR count). The maximum absolute atomic E-state index is 15.3. The Morgan fingerprint density at radius 3 is 1.39 bits per heavy atom. The van der Waals surface area contributed by atoms with Crippen molar-refractivity contribution < 1.29 is 81.6 Å². The summed E-state index contributed by atoms with van der Waals surface area (Å²) >= 11 is 0. The Kier molecular flexibility index (Phi) is 37.1. The van der Waals surface area contributed by atoms with Crippen LogP contribution in [0.25, 0.3) is 0 Å². The Labute approximate surface area is 565 Å². The van der Waals surface area contributed by atoms with E-state index in [1.807, 2.05) is 41.5 Å². The summed E-state index contributed by atoms with van der Waals surface area (Å²) in [6.45, 7) is 30.6. The zero-order chi connectivity index (χ0) is 74.2. The molecule has 0 aliphatic heterocycles. The number of nitrogens with zero attached hydrogens (tertiary/aromatic N) is 7. The van der Waals surface area contributed by atoms with Gasteiger partial charge in [0.2, 0.25) is 59.1 Å². The van der Waals surface area contributed by atoms with Crippen molar-refractivity contribution >= 4 is 77.1 Å². The molecule has 0 radical (unpaired) electrons. The Hall–Kier alpha value is -7.39.